The van der Waals surface area contributed by atoms with Gasteiger partial charge in [0.2, 0.25) is 0 Å². The van der Waals surface area contributed by atoms with Crippen molar-refractivity contribution in [1.82, 2.24) is 5.43 Å². The van der Waals surface area contributed by atoms with E-state index in [2.05, 4.69) is 10.5 Å². The third kappa shape index (κ3) is 2.51. The summed E-state index contributed by atoms with van der Waals surface area (Å²) in [6.07, 6.45) is 2.35. The second kappa shape index (κ2) is 4.94. The summed E-state index contributed by atoms with van der Waals surface area (Å²) in [4.78, 5) is 12.6. The van der Waals surface area contributed by atoms with Crippen LogP contribution in [0.5, 0.6) is 0 Å². The van der Waals surface area contributed by atoms with E-state index in [0.29, 0.717) is 15.8 Å². The van der Waals surface area contributed by atoms with Crippen LogP contribution in [0.25, 0.3) is 10.1 Å². The predicted molar refractivity (Wildman–Crippen MR) is 80.1 cm³/mol. The zero-order valence-electron chi connectivity index (χ0n) is 10.4. The van der Waals surface area contributed by atoms with Gasteiger partial charge >= 0.3 is 0 Å². The van der Waals surface area contributed by atoms with Crippen molar-refractivity contribution in [2.45, 2.75) is 19.8 Å². The highest BCUT2D eigenvalue weighted by molar-refractivity contribution is 7.21. The maximum Gasteiger partial charge on any atom is 0.283 e. The smallest absolute Gasteiger partial charge is 0.266 e. The Morgan fingerprint density at radius 3 is 2.84 bits per heavy atom. The Morgan fingerprint density at radius 1 is 1.42 bits per heavy atom. The Hall–Kier alpha value is -1.39. The molecule has 1 aliphatic carbocycles. The molecule has 0 aliphatic heterocycles. The van der Waals surface area contributed by atoms with Gasteiger partial charge in [-0.25, -0.2) is 5.43 Å². The van der Waals surface area contributed by atoms with Gasteiger partial charge in [0.05, 0.1) is 5.02 Å². The third-order valence-electron chi connectivity index (χ3n) is 3.24. The summed E-state index contributed by atoms with van der Waals surface area (Å²) in [5, 5.41) is 5.57. The molecule has 1 aromatic carbocycles. The van der Waals surface area contributed by atoms with Crippen molar-refractivity contribution < 1.29 is 4.79 Å². The molecule has 0 spiro atoms. The molecule has 3 rings (SSSR count). The van der Waals surface area contributed by atoms with Gasteiger partial charge in [-0.15, -0.1) is 11.3 Å². The first-order valence-corrected chi connectivity index (χ1v) is 7.38. The topological polar surface area (TPSA) is 41.5 Å². The molecule has 0 saturated heterocycles. The van der Waals surface area contributed by atoms with Crippen LogP contribution in [0.2, 0.25) is 5.02 Å². The number of amides is 1. The minimum absolute atomic E-state index is 0.230. The summed E-state index contributed by atoms with van der Waals surface area (Å²) in [5.41, 5.74) is 3.59. The second-order valence-electron chi connectivity index (χ2n) is 4.71. The molecule has 2 aromatic rings. The SMILES string of the molecule is C/C(=N\NC(=O)c1sc2ccccc2c1Cl)C1CC1. The fourth-order valence-corrected chi connectivity index (χ4v) is 3.35. The summed E-state index contributed by atoms with van der Waals surface area (Å²) in [5.74, 6) is 0.323. The molecule has 0 atom stereocenters. The van der Waals surface area contributed by atoms with Gasteiger partial charge in [-0.05, 0) is 31.7 Å². The quantitative estimate of drug-likeness (QED) is 0.672. The molecule has 0 bridgehead atoms. The molecule has 98 valence electrons. The van der Waals surface area contributed by atoms with Gasteiger partial charge in [-0.1, -0.05) is 29.8 Å². The van der Waals surface area contributed by atoms with Crippen molar-refractivity contribution in [3.8, 4) is 0 Å². The van der Waals surface area contributed by atoms with E-state index in [4.69, 9.17) is 11.6 Å². The average molecular weight is 293 g/mol. The van der Waals surface area contributed by atoms with Crippen LogP contribution in [0, 0.1) is 5.92 Å². The van der Waals surface area contributed by atoms with Gasteiger partial charge in [-0.3, -0.25) is 4.79 Å². The normalized spacial score (nSPS) is 15.8. The van der Waals surface area contributed by atoms with Crippen molar-refractivity contribution in [2.24, 2.45) is 11.0 Å². The number of hydrogen-bond donors (Lipinski definition) is 1. The summed E-state index contributed by atoms with van der Waals surface area (Å²) in [6, 6.07) is 7.73. The van der Waals surface area contributed by atoms with E-state index in [-0.39, 0.29) is 5.91 Å². The zero-order valence-corrected chi connectivity index (χ0v) is 12.0. The molecule has 1 heterocycles. The number of benzene rings is 1. The Morgan fingerprint density at radius 2 is 2.16 bits per heavy atom. The number of fused-ring (bicyclic) bond motifs is 1. The van der Waals surface area contributed by atoms with Crippen LogP contribution in [0.15, 0.2) is 29.4 Å². The van der Waals surface area contributed by atoms with Crippen LogP contribution < -0.4 is 5.43 Å². The highest BCUT2D eigenvalue weighted by Crippen LogP contribution is 2.35. The highest BCUT2D eigenvalue weighted by Gasteiger charge is 2.25. The molecule has 5 heteroatoms. The minimum atomic E-state index is -0.230. The minimum Gasteiger partial charge on any atom is -0.266 e. The number of rotatable bonds is 3. The third-order valence-corrected chi connectivity index (χ3v) is 4.92. The number of thiophene rings is 1. The van der Waals surface area contributed by atoms with Crippen LogP contribution in [0.1, 0.15) is 29.4 Å². The summed E-state index contributed by atoms with van der Waals surface area (Å²) >= 11 is 7.64. The summed E-state index contributed by atoms with van der Waals surface area (Å²) < 4.78 is 1.01. The van der Waals surface area contributed by atoms with Crippen LogP contribution >= 0.6 is 22.9 Å². The fraction of sp³-hybridized carbons (Fsp3) is 0.286. The van der Waals surface area contributed by atoms with E-state index in [0.717, 1.165) is 15.8 Å². The van der Waals surface area contributed by atoms with Crippen LogP contribution in [0.3, 0.4) is 0 Å². The molecule has 3 nitrogen and oxygen atoms in total. The number of halogens is 1. The largest absolute Gasteiger partial charge is 0.283 e. The van der Waals surface area contributed by atoms with E-state index >= 15 is 0 Å². The first-order chi connectivity index (χ1) is 9.16. The molecule has 19 heavy (non-hydrogen) atoms. The van der Waals surface area contributed by atoms with Gasteiger partial charge in [-0.2, -0.15) is 5.10 Å². The van der Waals surface area contributed by atoms with E-state index in [1.165, 1.54) is 24.2 Å². The van der Waals surface area contributed by atoms with E-state index in [1.807, 2.05) is 31.2 Å². The molecule has 1 aromatic heterocycles. The Kier molecular flexibility index (Phi) is 3.29. The molecule has 1 aliphatic rings. The maximum atomic E-state index is 12.1. The van der Waals surface area contributed by atoms with E-state index < -0.39 is 0 Å². The van der Waals surface area contributed by atoms with E-state index in [9.17, 15) is 4.79 Å². The lowest BCUT2D eigenvalue weighted by Crippen LogP contribution is -2.18. The zero-order chi connectivity index (χ0) is 13.4. The van der Waals surface area contributed by atoms with Crippen molar-refractivity contribution in [2.75, 3.05) is 0 Å². The van der Waals surface area contributed by atoms with Crippen LogP contribution in [-0.2, 0) is 0 Å². The fourth-order valence-electron chi connectivity index (χ4n) is 1.94. The molecule has 0 radical (unpaired) electrons. The van der Waals surface area contributed by atoms with Gasteiger partial charge in [0, 0.05) is 15.8 Å². The highest BCUT2D eigenvalue weighted by atomic mass is 35.5. The molecular formula is C14H13ClN2OS. The van der Waals surface area contributed by atoms with Crippen LogP contribution in [-0.4, -0.2) is 11.6 Å². The standard InChI is InChI=1S/C14H13ClN2OS/c1-8(9-6-7-9)16-17-14(18)13-12(15)10-4-2-3-5-11(10)19-13/h2-5,9H,6-7H2,1H3,(H,17,18)/b16-8+. The predicted octanol–water partition coefficient (Wildman–Crippen LogP) is 4.07. The number of carbonyl (C=O) groups excluding carboxylic acids is 1. The monoisotopic (exact) mass is 292 g/mol. The number of hydrazone groups is 1. The lowest BCUT2D eigenvalue weighted by atomic mass is 10.2. The van der Waals surface area contributed by atoms with Crippen molar-refractivity contribution in [3.05, 3.63) is 34.2 Å². The first kappa shape index (κ1) is 12.6. The van der Waals surface area contributed by atoms with Crippen molar-refractivity contribution >= 4 is 44.6 Å². The van der Waals surface area contributed by atoms with Crippen molar-refractivity contribution in [1.29, 1.82) is 0 Å². The molecule has 1 N–H and O–H groups in total. The molecule has 1 fully saturated rings. The number of nitrogens with one attached hydrogen (secondary N) is 1. The van der Waals surface area contributed by atoms with Crippen LogP contribution in [0.4, 0.5) is 0 Å². The van der Waals surface area contributed by atoms with E-state index in [1.54, 1.807) is 0 Å². The van der Waals surface area contributed by atoms with Gasteiger partial charge in [0.25, 0.3) is 5.91 Å². The van der Waals surface area contributed by atoms with Gasteiger partial charge in [0.15, 0.2) is 0 Å². The molecule has 1 saturated carbocycles. The number of carbonyl (C=O) groups is 1. The second-order valence-corrected chi connectivity index (χ2v) is 6.14. The molecule has 1 amide bonds. The molecule has 0 unspecified atom stereocenters. The maximum absolute atomic E-state index is 12.1. The summed E-state index contributed by atoms with van der Waals surface area (Å²) in [6.45, 7) is 1.95. The lowest BCUT2D eigenvalue weighted by molar-refractivity contribution is 0.0959. The Bertz CT molecular complexity index is 673. The number of nitrogens with zero attached hydrogens (tertiary/aromatic N) is 1. The average Bonchev–Trinajstić information content (AvgIpc) is 3.21. The van der Waals surface area contributed by atoms with Crippen molar-refractivity contribution in [3.63, 3.8) is 0 Å². The Labute approximate surface area is 120 Å². The number of hydrogen-bond acceptors (Lipinski definition) is 3. The van der Waals surface area contributed by atoms with Gasteiger partial charge < -0.3 is 0 Å². The lowest BCUT2D eigenvalue weighted by Gasteiger charge is -1.99. The molecular weight excluding hydrogens is 280 g/mol. The first-order valence-electron chi connectivity index (χ1n) is 6.18. The Balaban J connectivity index is 1.85. The van der Waals surface area contributed by atoms with Gasteiger partial charge in [0.1, 0.15) is 4.88 Å². The summed E-state index contributed by atoms with van der Waals surface area (Å²) in [7, 11) is 0.